The van der Waals surface area contributed by atoms with Gasteiger partial charge in [-0.15, -0.1) is 0 Å². The van der Waals surface area contributed by atoms with Crippen LogP contribution < -0.4 is 5.32 Å². The molecule has 0 unspecified atom stereocenters. The molecule has 1 aliphatic rings. The van der Waals surface area contributed by atoms with Gasteiger partial charge in [-0.05, 0) is 40.5 Å². The van der Waals surface area contributed by atoms with Crippen LogP contribution in [0.25, 0.3) is 0 Å². The predicted molar refractivity (Wildman–Crippen MR) is 72.1 cm³/mol. The fourth-order valence-corrected chi connectivity index (χ4v) is 2.21. The van der Waals surface area contributed by atoms with Gasteiger partial charge in [0, 0.05) is 19.1 Å². The van der Waals surface area contributed by atoms with Crippen LogP contribution in [0.3, 0.4) is 0 Å². The normalized spacial score (nSPS) is 17.5. The zero-order valence-electron chi connectivity index (χ0n) is 12.1. The molecule has 1 rings (SSSR count). The smallest absolute Gasteiger partial charge is 0.237 e. The maximum absolute atomic E-state index is 12.5. The van der Waals surface area contributed by atoms with Crippen LogP contribution in [0.15, 0.2) is 0 Å². The summed E-state index contributed by atoms with van der Waals surface area (Å²) in [4.78, 5) is 26.4. The first-order chi connectivity index (χ1) is 8.35. The van der Waals surface area contributed by atoms with Crippen molar-refractivity contribution in [2.45, 2.75) is 59.4 Å². The lowest BCUT2D eigenvalue weighted by atomic mass is 9.90. The first-order valence-corrected chi connectivity index (χ1v) is 6.96. The molecule has 0 atom stereocenters. The molecule has 1 saturated heterocycles. The van der Waals surface area contributed by atoms with Crippen LogP contribution in [0.1, 0.15) is 53.4 Å². The molecule has 4 heteroatoms. The quantitative estimate of drug-likeness (QED) is 0.782. The number of hydrogen-bond donors (Lipinski definition) is 1. The summed E-state index contributed by atoms with van der Waals surface area (Å²) in [5.41, 5.74) is -0.964. The Balaban J connectivity index is 2.70. The average Bonchev–Trinajstić information content (AvgIpc) is 2.55. The zero-order valence-corrected chi connectivity index (χ0v) is 12.1. The Labute approximate surface area is 110 Å². The van der Waals surface area contributed by atoms with Gasteiger partial charge in [0.15, 0.2) is 0 Å². The molecular formula is C14H26N2O2. The van der Waals surface area contributed by atoms with Crippen molar-refractivity contribution in [1.82, 2.24) is 10.2 Å². The third-order valence-corrected chi connectivity index (χ3v) is 3.42. The van der Waals surface area contributed by atoms with E-state index in [1.165, 1.54) is 12.8 Å². The Morgan fingerprint density at radius 3 is 2.00 bits per heavy atom. The first kappa shape index (κ1) is 15.0. The van der Waals surface area contributed by atoms with E-state index in [2.05, 4.69) is 5.32 Å². The topological polar surface area (TPSA) is 49.4 Å². The summed E-state index contributed by atoms with van der Waals surface area (Å²) in [6.07, 6.45) is 4.46. The summed E-state index contributed by atoms with van der Waals surface area (Å²) in [6, 6.07) is 0.0636. The molecule has 0 aromatic heterocycles. The van der Waals surface area contributed by atoms with Crippen molar-refractivity contribution in [3.63, 3.8) is 0 Å². The van der Waals surface area contributed by atoms with Gasteiger partial charge in [0.2, 0.25) is 11.8 Å². The summed E-state index contributed by atoms with van der Waals surface area (Å²) < 4.78 is 0. The molecule has 1 N–H and O–H groups in total. The van der Waals surface area contributed by atoms with Crippen molar-refractivity contribution in [3.05, 3.63) is 0 Å². The molecule has 0 spiro atoms. The third-order valence-electron chi connectivity index (χ3n) is 3.42. The second-order valence-corrected chi connectivity index (χ2v) is 5.96. The molecule has 104 valence electrons. The Bertz CT molecular complexity index is 303. The van der Waals surface area contributed by atoms with Gasteiger partial charge in [0.1, 0.15) is 5.41 Å². The molecule has 18 heavy (non-hydrogen) atoms. The van der Waals surface area contributed by atoms with E-state index in [4.69, 9.17) is 0 Å². The van der Waals surface area contributed by atoms with Gasteiger partial charge < -0.3 is 10.2 Å². The lowest BCUT2D eigenvalue weighted by Crippen LogP contribution is -2.51. The highest BCUT2D eigenvalue weighted by molar-refractivity contribution is 6.04. The van der Waals surface area contributed by atoms with Gasteiger partial charge in [0.05, 0.1) is 0 Å². The Kier molecular flexibility index (Phi) is 5.17. The van der Waals surface area contributed by atoms with E-state index in [9.17, 15) is 9.59 Å². The van der Waals surface area contributed by atoms with Crippen LogP contribution in [-0.2, 0) is 9.59 Å². The van der Waals surface area contributed by atoms with Crippen molar-refractivity contribution in [2.24, 2.45) is 5.41 Å². The molecule has 0 bridgehead atoms. The first-order valence-electron chi connectivity index (χ1n) is 6.96. The predicted octanol–water partition coefficient (Wildman–Crippen LogP) is 1.94. The van der Waals surface area contributed by atoms with Crippen LogP contribution in [0, 0.1) is 5.41 Å². The molecule has 4 nitrogen and oxygen atoms in total. The average molecular weight is 254 g/mol. The summed E-state index contributed by atoms with van der Waals surface area (Å²) in [7, 11) is 0. The number of carbonyl (C=O) groups is 2. The van der Waals surface area contributed by atoms with Gasteiger partial charge in [0.25, 0.3) is 0 Å². The number of amides is 2. The third kappa shape index (κ3) is 3.72. The molecule has 2 amide bonds. The summed E-state index contributed by atoms with van der Waals surface area (Å²) in [6.45, 7) is 8.83. The Hall–Kier alpha value is -1.06. The minimum Gasteiger partial charge on any atom is -0.353 e. The van der Waals surface area contributed by atoms with E-state index in [1.54, 1.807) is 13.8 Å². The Morgan fingerprint density at radius 2 is 1.56 bits per heavy atom. The van der Waals surface area contributed by atoms with Crippen LogP contribution >= 0.6 is 0 Å². The molecule has 0 saturated carbocycles. The number of carbonyl (C=O) groups excluding carboxylic acids is 2. The lowest BCUT2D eigenvalue weighted by Gasteiger charge is -2.30. The van der Waals surface area contributed by atoms with Gasteiger partial charge in [-0.3, -0.25) is 9.59 Å². The summed E-state index contributed by atoms with van der Waals surface area (Å²) in [5.74, 6) is -0.214. The standard InChI is InChI=1S/C14H26N2O2/c1-11(2)15-12(17)14(3,4)13(18)16-9-7-5-6-8-10-16/h11H,5-10H2,1-4H3,(H,15,17). The molecule has 0 aromatic rings. The van der Waals surface area contributed by atoms with Crippen molar-refractivity contribution >= 4 is 11.8 Å². The summed E-state index contributed by atoms with van der Waals surface area (Å²) in [5, 5.41) is 2.83. The van der Waals surface area contributed by atoms with E-state index in [1.807, 2.05) is 18.7 Å². The monoisotopic (exact) mass is 254 g/mol. The summed E-state index contributed by atoms with van der Waals surface area (Å²) >= 11 is 0. The van der Waals surface area contributed by atoms with Gasteiger partial charge in [-0.1, -0.05) is 12.8 Å². The number of rotatable bonds is 3. The van der Waals surface area contributed by atoms with Crippen molar-refractivity contribution < 1.29 is 9.59 Å². The van der Waals surface area contributed by atoms with Crippen LogP contribution in [-0.4, -0.2) is 35.8 Å². The maximum atomic E-state index is 12.5. The fraction of sp³-hybridized carbons (Fsp3) is 0.857. The molecule has 1 aliphatic heterocycles. The number of nitrogens with zero attached hydrogens (tertiary/aromatic N) is 1. The van der Waals surface area contributed by atoms with Crippen molar-refractivity contribution in [2.75, 3.05) is 13.1 Å². The van der Waals surface area contributed by atoms with Gasteiger partial charge in [-0.2, -0.15) is 0 Å². The highest BCUT2D eigenvalue weighted by atomic mass is 16.2. The minimum absolute atomic E-state index is 0.0393. The van der Waals surface area contributed by atoms with E-state index < -0.39 is 5.41 Å². The SMILES string of the molecule is CC(C)NC(=O)C(C)(C)C(=O)N1CCCCCC1. The van der Waals surface area contributed by atoms with E-state index in [-0.39, 0.29) is 17.9 Å². The second kappa shape index (κ2) is 6.21. The Morgan fingerprint density at radius 1 is 1.06 bits per heavy atom. The molecule has 0 aliphatic carbocycles. The molecule has 0 radical (unpaired) electrons. The molecule has 0 aromatic carbocycles. The lowest BCUT2D eigenvalue weighted by molar-refractivity contribution is -0.148. The van der Waals surface area contributed by atoms with Gasteiger partial charge in [-0.25, -0.2) is 0 Å². The fourth-order valence-electron chi connectivity index (χ4n) is 2.21. The number of hydrogen-bond acceptors (Lipinski definition) is 2. The minimum atomic E-state index is -0.964. The highest BCUT2D eigenvalue weighted by Gasteiger charge is 2.39. The number of likely N-dealkylation sites (tertiary alicyclic amines) is 1. The van der Waals surface area contributed by atoms with E-state index in [0.717, 1.165) is 25.9 Å². The highest BCUT2D eigenvalue weighted by Crippen LogP contribution is 2.22. The number of nitrogens with one attached hydrogen (secondary N) is 1. The molecule has 1 heterocycles. The molecule has 1 fully saturated rings. The zero-order chi connectivity index (χ0) is 13.8. The van der Waals surface area contributed by atoms with Crippen molar-refractivity contribution in [3.8, 4) is 0 Å². The van der Waals surface area contributed by atoms with E-state index in [0.29, 0.717) is 0 Å². The maximum Gasteiger partial charge on any atom is 0.237 e. The van der Waals surface area contributed by atoms with E-state index >= 15 is 0 Å². The second-order valence-electron chi connectivity index (χ2n) is 5.96. The van der Waals surface area contributed by atoms with Crippen LogP contribution in [0.2, 0.25) is 0 Å². The van der Waals surface area contributed by atoms with Crippen LogP contribution in [0.4, 0.5) is 0 Å². The van der Waals surface area contributed by atoms with Crippen LogP contribution in [0.5, 0.6) is 0 Å². The largest absolute Gasteiger partial charge is 0.353 e. The van der Waals surface area contributed by atoms with Crippen molar-refractivity contribution in [1.29, 1.82) is 0 Å². The van der Waals surface area contributed by atoms with Gasteiger partial charge >= 0.3 is 0 Å². The molecular weight excluding hydrogens is 228 g/mol.